The molecule has 0 saturated carbocycles. The number of ketones is 2. The van der Waals surface area contributed by atoms with Gasteiger partial charge in [0.1, 0.15) is 89.0 Å². The number of Topliss-reactive ketones (excluding diaryl/α,β-unsaturated/α-hetero) is 2. The third-order valence-electron chi connectivity index (χ3n) is 11.4. The van der Waals surface area contributed by atoms with Crippen molar-refractivity contribution in [2.45, 2.75) is 81.3 Å². The molecule has 3 unspecified atom stereocenters. The average Bonchev–Trinajstić information content (AvgIpc) is 4.02. The summed E-state index contributed by atoms with van der Waals surface area (Å²) in [4.78, 5) is 115. The van der Waals surface area contributed by atoms with Crippen LogP contribution in [0.4, 0.5) is 18.0 Å². The molecule has 0 spiro atoms. The predicted octanol–water partition coefficient (Wildman–Crippen LogP) is 5.99. The molecule has 2 aliphatic rings. The van der Waals surface area contributed by atoms with Gasteiger partial charge >= 0.3 is 12.2 Å². The normalized spacial score (nSPS) is 15.8. The first kappa shape index (κ1) is 65.7. The highest BCUT2D eigenvalue weighted by Gasteiger charge is 2.42. The van der Waals surface area contributed by atoms with E-state index in [2.05, 4.69) is 26.3 Å². The molecule has 2 saturated heterocycles. The maximum Gasteiger partial charge on any atom is 0.417 e. The highest BCUT2D eigenvalue weighted by Crippen LogP contribution is 2.36. The molecular weight excluding hydrogens is 1110 g/mol. The molecule has 80 heavy (non-hydrogen) atoms. The number of unbranched alkanes of at least 4 members (excludes halogenated alkanes) is 1. The zero-order valence-corrected chi connectivity index (χ0v) is 45.7. The molecule has 5 rings (SSSR count). The van der Waals surface area contributed by atoms with Crippen LogP contribution >= 0.6 is 23.4 Å². The van der Waals surface area contributed by atoms with Crippen molar-refractivity contribution < 1.29 is 100 Å². The molecule has 2 aliphatic heterocycles. The molecule has 2 fully saturated rings. The van der Waals surface area contributed by atoms with Crippen LogP contribution in [0, 0.1) is 0 Å². The third-order valence-corrected chi connectivity index (χ3v) is 13.2. The van der Waals surface area contributed by atoms with E-state index < -0.39 is 16.8 Å². The quantitative estimate of drug-likeness (QED) is 0.0167. The van der Waals surface area contributed by atoms with E-state index in [4.69, 9.17) is 74.7 Å². The van der Waals surface area contributed by atoms with Crippen molar-refractivity contribution in [3.8, 4) is 11.5 Å². The second-order valence-corrected chi connectivity index (χ2v) is 19.3. The molecule has 0 radical (unpaired) electrons. The fourth-order valence-corrected chi connectivity index (χ4v) is 9.36. The van der Waals surface area contributed by atoms with Crippen LogP contribution in [0.2, 0.25) is 5.02 Å². The number of pyridine rings is 1. The number of nitrogens with one attached hydrogen (secondary N) is 4. The Morgan fingerprint density at radius 2 is 1.18 bits per heavy atom. The first-order chi connectivity index (χ1) is 38.8. The number of fused-ring (bicyclic) bond motifs is 1. The molecule has 23 nitrogen and oxygen atoms in total. The van der Waals surface area contributed by atoms with Gasteiger partial charge in [-0.2, -0.15) is 24.9 Å². The third kappa shape index (κ3) is 27.6. The van der Waals surface area contributed by atoms with Crippen LogP contribution in [-0.4, -0.2) is 163 Å². The molecule has 0 bridgehead atoms. The Balaban J connectivity index is 0.710. The lowest BCUT2D eigenvalue weighted by atomic mass is 10.0. The minimum atomic E-state index is -4.63. The Morgan fingerprint density at radius 3 is 1.80 bits per heavy atom. The number of ether oxygens (including phenoxy) is 3. The highest BCUT2D eigenvalue weighted by atomic mass is 35.5. The summed E-state index contributed by atoms with van der Waals surface area (Å²) >= 11 is 7.55. The van der Waals surface area contributed by atoms with Crippen molar-refractivity contribution in [3.05, 3.63) is 88.2 Å². The van der Waals surface area contributed by atoms with Gasteiger partial charge in [-0.3, -0.25) is 24.2 Å². The van der Waals surface area contributed by atoms with Crippen LogP contribution in [0.1, 0.15) is 72.1 Å². The first-order valence-electron chi connectivity index (χ1n) is 26.1. The zero-order valence-electron chi connectivity index (χ0n) is 44.1. The Labute approximate surface area is 470 Å². The number of urea groups is 1. The van der Waals surface area contributed by atoms with E-state index in [1.54, 1.807) is 30.3 Å². The molecule has 3 atom stereocenters. The minimum absolute atomic E-state index is 0.00129. The van der Waals surface area contributed by atoms with Crippen LogP contribution < -0.4 is 26.0 Å². The van der Waals surface area contributed by atoms with Gasteiger partial charge in [-0.1, -0.05) is 36.2 Å². The van der Waals surface area contributed by atoms with Crippen LogP contribution in [-0.2, 0) is 91.8 Å². The second kappa shape index (κ2) is 38.6. The lowest BCUT2D eigenvalue weighted by Gasteiger charge is -2.16. The number of hydrogen-bond donors (Lipinski definition) is 4. The fraction of sp³-hybridized carbons (Fsp3) is 0.577. The number of nitrogens with zero attached hydrogens (tertiary/aromatic N) is 1. The molecule has 1 aromatic heterocycles. The van der Waals surface area contributed by atoms with Gasteiger partial charge < -0.3 is 35.5 Å². The predicted molar refractivity (Wildman–Crippen MR) is 279 cm³/mol. The number of amides is 4. The summed E-state index contributed by atoms with van der Waals surface area (Å²) in [6, 6.07) is 13.4. The van der Waals surface area contributed by atoms with Crippen LogP contribution in [0.25, 0.3) is 0 Å². The van der Waals surface area contributed by atoms with Crippen molar-refractivity contribution in [2.24, 2.45) is 0 Å². The van der Waals surface area contributed by atoms with E-state index in [0.29, 0.717) is 54.9 Å². The Bertz CT molecular complexity index is 2320. The average molecular weight is 1180 g/mol. The Hall–Kier alpha value is -5.11. The SMILES string of the molecule is O=C(Cc1ccc(Oc2ccnc(C(=O)CCCNC(=O)CCOCCOOCCOOCCOOCCOOCCOOCCOCCNC(=O)CCCCC3SCC4NC(=O)NC43)c2)cc1)Cc1ccc(Cl)c(C(F)(F)F)c1. The maximum atomic E-state index is 13.2. The van der Waals surface area contributed by atoms with Crippen molar-refractivity contribution in [1.82, 2.24) is 26.3 Å². The van der Waals surface area contributed by atoms with E-state index in [9.17, 15) is 37.1 Å². The van der Waals surface area contributed by atoms with Gasteiger partial charge in [0.25, 0.3) is 0 Å². The molecular formula is C52H69ClF3N5O18S. The molecule has 4 amide bonds. The molecule has 3 heterocycles. The molecule has 444 valence electrons. The lowest BCUT2D eigenvalue weighted by molar-refractivity contribution is -0.372. The summed E-state index contributed by atoms with van der Waals surface area (Å²) in [5.74, 6) is 0.945. The van der Waals surface area contributed by atoms with Gasteiger partial charge in [-0.25, -0.2) is 53.7 Å². The highest BCUT2D eigenvalue weighted by molar-refractivity contribution is 8.00. The molecule has 2 aromatic carbocycles. The Morgan fingerprint density at radius 1 is 0.613 bits per heavy atom. The standard InChI is InChI=1S/C52H69ClF3N5O18S/c53-43-12-9-38(34-42(43)52(54,55)56)33-39(62)32-37-7-10-40(11-8-37)79-41-13-16-57-44(35-41)46(63)4-3-15-58-49(65)14-18-67-20-22-69-71-24-26-73-75-28-30-77-78-31-29-76-74-27-25-72-70-23-21-68-19-17-59-48(64)6-2-1-5-47-50-45(36-80-47)60-51(66)61-50/h7-13,16,34-35,45,47,50H,1-6,14-15,17-33,36H2,(H,58,65)(H,59,64)(H2,60,61,66). The topological polar surface area (TPSA) is 266 Å². The van der Waals surface area contributed by atoms with Crippen molar-refractivity contribution in [2.75, 3.05) is 111 Å². The van der Waals surface area contributed by atoms with Gasteiger partial charge in [0.2, 0.25) is 11.8 Å². The lowest BCUT2D eigenvalue weighted by Crippen LogP contribution is -2.36. The minimum Gasteiger partial charge on any atom is -0.457 e. The first-order valence-corrected chi connectivity index (χ1v) is 27.5. The largest absolute Gasteiger partial charge is 0.457 e. The molecule has 4 N–H and O–H groups in total. The number of hydrogen-bond acceptors (Lipinski definition) is 20. The van der Waals surface area contributed by atoms with Crippen molar-refractivity contribution in [3.63, 3.8) is 0 Å². The van der Waals surface area contributed by atoms with E-state index >= 15 is 0 Å². The summed E-state index contributed by atoms with van der Waals surface area (Å²) in [6.45, 7) is 2.72. The van der Waals surface area contributed by atoms with Gasteiger partial charge in [0, 0.05) is 68.5 Å². The van der Waals surface area contributed by atoms with Gasteiger partial charge in [-0.15, -0.1) is 0 Å². The molecule has 0 aliphatic carbocycles. The summed E-state index contributed by atoms with van der Waals surface area (Å²) in [7, 11) is 0. The molecule has 28 heteroatoms. The van der Waals surface area contributed by atoms with Crippen LogP contribution in [0.3, 0.4) is 0 Å². The smallest absolute Gasteiger partial charge is 0.417 e. The number of aromatic nitrogens is 1. The number of carbonyl (C=O) groups is 5. The van der Waals surface area contributed by atoms with E-state index in [1.807, 2.05) is 11.8 Å². The van der Waals surface area contributed by atoms with Gasteiger partial charge in [-0.05, 0) is 60.7 Å². The van der Waals surface area contributed by atoms with Gasteiger partial charge in [0.15, 0.2) is 5.78 Å². The van der Waals surface area contributed by atoms with Gasteiger partial charge in [0.05, 0.1) is 49.1 Å². The summed E-state index contributed by atoms with van der Waals surface area (Å²) in [6.07, 6.45) is 0.403. The molecule has 3 aromatic rings. The second-order valence-electron chi connectivity index (χ2n) is 17.6. The summed E-state index contributed by atoms with van der Waals surface area (Å²) < 4.78 is 56.3. The number of halogens is 4. The number of carbonyl (C=O) groups excluding carboxylic acids is 5. The van der Waals surface area contributed by atoms with Crippen molar-refractivity contribution in [1.29, 1.82) is 0 Å². The maximum absolute atomic E-state index is 13.2. The Kier molecular flexibility index (Phi) is 31.7. The number of rotatable bonds is 45. The van der Waals surface area contributed by atoms with Crippen LogP contribution in [0.15, 0.2) is 60.8 Å². The van der Waals surface area contributed by atoms with Crippen molar-refractivity contribution >= 4 is 52.8 Å². The summed E-state index contributed by atoms with van der Waals surface area (Å²) in [5, 5.41) is 11.5. The summed E-state index contributed by atoms with van der Waals surface area (Å²) in [5.41, 5.74) is 0.0539. The van der Waals surface area contributed by atoms with E-state index in [1.165, 1.54) is 18.3 Å². The van der Waals surface area contributed by atoms with Crippen LogP contribution in [0.5, 0.6) is 11.5 Å². The monoisotopic (exact) mass is 1180 g/mol. The van der Waals surface area contributed by atoms with E-state index in [0.717, 1.165) is 37.1 Å². The van der Waals surface area contributed by atoms with E-state index in [-0.39, 0.29) is 164 Å². The number of thioether (sulfide) groups is 1. The number of benzene rings is 2. The zero-order chi connectivity index (χ0) is 57.1. The number of alkyl halides is 3. The fourth-order valence-electron chi connectivity index (χ4n) is 7.59.